The van der Waals surface area contributed by atoms with E-state index in [2.05, 4.69) is 5.32 Å². The Morgan fingerprint density at radius 1 is 1.24 bits per heavy atom. The lowest BCUT2D eigenvalue weighted by atomic mass is 9.73. The minimum atomic E-state index is -1.14. The van der Waals surface area contributed by atoms with E-state index < -0.39 is 18.1 Å². The number of ketones is 1. The number of hydrogen-bond acceptors (Lipinski definition) is 8. The monoisotopic (exact) mass is 535 g/mol. The summed E-state index contributed by atoms with van der Waals surface area (Å²) >= 11 is 1.42. The third-order valence-electron chi connectivity index (χ3n) is 8.04. The lowest BCUT2D eigenvalue weighted by molar-refractivity contribution is -0.160. The van der Waals surface area contributed by atoms with Gasteiger partial charge in [0, 0.05) is 55.7 Å². The molecule has 11 nitrogen and oxygen atoms in total. The van der Waals surface area contributed by atoms with Crippen LogP contribution in [-0.2, 0) is 24.0 Å². The Bertz CT molecular complexity index is 1050. The first-order valence-corrected chi connectivity index (χ1v) is 13.7. The molecule has 37 heavy (non-hydrogen) atoms. The van der Waals surface area contributed by atoms with Crippen molar-refractivity contribution in [2.24, 2.45) is 23.5 Å². The maximum absolute atomic E-state index is 13.4. The number of Topliss-reactive ketones (excluding diaryl/α,β-unsaturated/α-hetero) is 1. The van der Waals surface area contributed by atoms with Crippen molar-refractivity contribution in [2.45, 2.75) is 69.5 Å². The molecule has 4 N–H and O–H groups in total. The van der Waals surface area contributed by atoms with Gasteiger partial charge in [-0.3, -0.25) is 14.4 Å². The van der Waals surface area contributed by atoms with E-state index in [1.165, 1.54) is 28.5 Å². The molecule has 12 heteroatoms. The summed E-state index contributed by atoms with van der Waals surface area (Å²) in [5.41, 5.74) is 6.11. The molecule has 0 aromatic heterocycles. The van der Waals surface area contributed by atoms with Crippen molar-refractivity contribution in [3.63, 3.8) is 0 Å². The summed E-state index contributed by atoms with van der Waals surface area (Å²) in [5, 5.41) is 13.2. The quantitative estimate of drug-likeness (QED) is 0.360. The van der Waals surface area contributed by atoms with E-state index in [9.17, 15) is 29.1 Å². The van der Waals surface area contributed by atoms with Crippen molar-refractivity contribution in [3.8, 4) is 0 Å². The van der Waals surface area contributed by atoms with Crippen LogP contribution in [-0.4, -0.2) is 106 Å². The summed E-state index contributed by atoms with van der Waals surface area (Å²) in [4.78, 5) is 67.9. The average Bonchev–Trinajstić information content (AvgIpc) is 3.48. The topological polar surface area (TPSA) is 153 Å². The summed E-state index contributed by atoms with van der Waals surface area (Å²) in [6.07, 6.45) is 1.19. The number of rotatable bonds is 8. The number of aliphatic carboxylic acids is 1. The van der Waals surface area contributed by atoms with Gasteiger partial charge in [-0.05, 0) is 25.7 Å². The zero-order chi connectivity index (χ0) is 27.3. The lowest BCUT2D eigenvalue weighted by Gasteiger charge is -2.47. The summed E-state index contributed by atoms with van der Waals surface area (Å²) in [6, 6.07) is -1.60. The van der Waals surface area contributed by atoms with Crippen LogP contribution in [0.4, 0.5) is 0 Å². The van der Waals surface area contributed by atoms with Gasteiger partial charge >= 0.3 is 5.97 Å². The van der Waals surface area contributed by atoms with E-state index in [4.69, 9.17) is 5.73 Å². The van der Waals surface area contributed by atoms with Gasteiger partial charge in [0.1, 0.15) is 17.5 Å². The third-order valence-corrected chi connectivity index (χ3v) is 9.55. The molecule has 0 aromatic rings. The van der Waals surface area contributed by atoms with Gasteiger partial charge in [-0.15, -0.1) is 11.8 Å². The molecule has 0 unspecified atom stereocenters. The highest BCUT2D eigenvalue weighted by Gasteiger charge is 2.60. The molecular formula is C25H37N5O6S. The number of nitrogens with two attached hydrogens (primary N) is 1. The predicted molar refractivity (Wildman–Crippen MR) is 137 cm³/mol. The zero-order valence-corrected chi connectivity index (χ0v) is 22.8. The Morgan fingerprint density at radius 3 is 2.51 bits per heavy atom. The SMILES string of the molecule is CC(=O)C[C@H](C)[C@H]1C(=O)N2C(C(=O)O)=C(S[C@@H]3CN[C@H](C(=O)N4C[C@@H](N)C[C@H]4C(=O)N(C)C)C3)[C@H](C)[C@H]12. The normalized spacial score (nSPS) is 33.9. The Kier molecular flexibility index (Phi) is 7.74. The summed E-state index contributed by atoms with van der Waals surface area (Å²) in [6.45, 7) is 6.12. The molecular weight excluding hydrogens is 498 g/mol. The second kappa shape index (κ2) is 10.4. The van der Waals surface area contributed by atoms with Crippen molar-refractivity contribution in [1.82, 2.24) is 20.0 Å². The van der Waals surface area contributed by atoms with Gasteiger partial charge in [0.05, 0.1) is 18.0 Å². The standard InChI is InChI=1S/C25H37N5O6S/c1-11(6-12(2)31)18-19-13(3)21(20(25(35)36)30(19)24(18)34)37-15-8-16(27-9-15)22(32)29-10-14(26)7-17(29)23(33)28(4)5/h11,13-19,27H,6-10,26H2,1-5H3,(H,35,36)/t11-,13+,14-,15-,16-,17-,18+,19+/m0/s1. The second-order valence-electron chi connectivity index (χ2n) is 11.1. The lowest BCUT2D eigenvalue weighted by Crippen LogP contribution is -2.62. The molecule has 3 fully saturated rings. The minimum absolute atomic E-state index is 0.00614. The maximum Gasteiger partial charge on any atom is 0.353 e. The zero-order valence-electron chi connectivity index (χ0n) is 22.0. The number of carbonyl (C=O) groups is 5. The van der Waals surface area contributed by atoms with Gasteiger partial charge in [0.15, 0.2) is 0 Å². The Labute approximate surface area is 221 Å². The van der Waals surface area contributed by atoms with Crippen molar-refractivity contribution in [1.29, 1.82) is 0 Å². The molecule has 3 saturated heterocycles. The molecule has 0 aliphatic carbocycles. The van der Waals surface area contributed by atoms with Gasteiger partial charge in [-0.2, -0.15) is 0 Å². The van der Waals surface area contributed by atoms with Crippen LogP contribution in [0.2, 0.25) is 0 Å². The number of nitrogens with one attached hydrogen (secondary N) is 1. The van der Waals surface area contributed by atoms with Crippen LogP contribution in [0.15, 0.2) is 10.6 Å². The second-order valence-corrected chi connectivity index (χ2v) is 12.4. The first kappa shape index (κ1) is 27.6. The van der Waals surface area contributed by atoms with Gasteiger partial charge in [-0.25, -0.2) is 4.79 Å². The van der Waals surface area contributed by atoms with Crippen LogP contribution in [0.25, 0.3) is 0 Å². The molecule has 4 aliphatic heterocycles. The highest BCUT2D eigenvalue weighted by Crippen LogP contribution is 2.53. The van der Waals surface area contributed by atoms with Crippen LogP contribution in [0.1, 0.15) is 40.0 Å². The summed E-state index contributed by atoms with van der Waals surface area (Å²) < 4.78 is 0. The smallest absolute Gasteiger partial charge is 0.353 e. The highest BCUT2D eigenvalue weighted by atomic mass is 32.2. The Morgan fingerprint density at radius 2 is 1.92 bits per heavy atom. The predicted octanol–water partition coefficient (Wildman–Crippen LogP) is -0.145. The number of carboxylic acids is 1. The third kappa shape index (κ3) is 4.90. The molecule has 0 radical (unpaired) electrons. The van der Waals surface area contributed by atoms with Crippen LogP contribution in [0.5, 0.6) is 0 Å². The molecule has 0 saturated carbocycles. The number of thioether (sulfide) groups is 1. The average molecular weight is 536 g/mol. The largest absolute Gasteiger partial charge is 0.477 e. The van der Waals surface area contributed by atoms with Gasteiger partial charge in [-0.1, -0.05) is 13.8 Å². The minimum Gasteiger partial charge on any atom is -0.477 e. The molecule has 4 heterocycles. The highest BCUT2D eigenvalue weighted by molar-refractivity contribution is 8.03. The fourth-order valence-electron chi connectivity index (χ4n) is 6.35. The van der Waals surface area contributed by atoms with E-state index in [0.717, 1.165) is 0 Å². The Balaban J connectivity index is 1.46. The fraction of sp³-hybridized carbons (Fsp3) is 0.720. The first-order valence-electron chi connectivity index (χ1n) is 12.8. The number of fused-ring (bicyclic) bond motifs is 1. The fourth-order valence-corrected chi connectivity index (χ4v) is 7.83. The number of β-lactam (4-membered cyclic amide) rings is 1. The molecule has 0 bridgehead atoms. The van der Waals surface area contributed by atoms with Crippen molar-refractivity contribution in [3.05, 3.63) is 10.6 Å². The molecule has 204 valence electrons. The van der Waals surface area contributed by atoms with Crippen molar-refractivity contribution >= 4 is 41.2 Å². The molecule has 0 aromatic carbocycles. The molecule has 4 aliphatic rings. The summed E-state index contributed by atoms with van der Waals surface area (Å²) in [5.74, 6) is -2.41. The van der Waals surface area contributed by atoms with Crippen LogP contribution >= 0.6 is 11.8 Å². The number of likely N-dealkylation sites (N-methyl/N-ethyl adjacent to an activating group) is 1. The van der Waals surface area contributed by atoms with Crippen molar-refractivity contribution < 1.29 is 29.1 Å². The van der Waals surface area contributed by atoms with Crippen LogP contribution in [0, 0.1) is 17.8 Å². The number of nitrogens with zero attached hydrogens (tertiary/aromatic N) is 3. The van der Waals surface area contributed by atoms with Gasteiger partial charge in [0.25, 0.3) is 0 Å². The molecule has 0 spiro atoms. The van der Waals surface area contributed by atoms with E-state index in [1.54, 1.807) is 19.0 Å². The van der Waals surface area contributed by atoms with E-state index in [1.807, 2.05) is 13.8 Å². The van der Waals surface area contributed by atoms with Crippen molar-refractivity contribution in [2.75, 3.05) is 27.2 Å². The number of hydrogen-bond donors (Lipinski definition) is 3. The van der Waals surface area contributed by atoms with Gasteiger partial charge < -0.3 is 35.7 Å². The maximum atomic E-state index is 13.4. The number of carboxylic acid groups (broad SMARTS) is 1. The number of amides is 3. The molecule has 4 rings (SSSR count). The summed E-state index contributed by atoms with van der Waals surface area (Å²) in [7, 11) is 3.32. The number of carbonyl (C=O) groups excluding carboxylic acids is 4. The Hall–Kier alpha value is -2.44. The number of likely N-dealkylation sites (tertiary alicyclic amines) is 1. The molecule has 3 amide bonds. The van der Waals surface area contributed by atoms with Crippen LogP contribution in [0.3, 0.4) is 0 Å². The van der Waals surface area contributed by atoms with Crippen LogP contribution < -0.4 is 11.1 Å². The molecule has 8 atom stereocenters. The first-order chi connectivity index (χ1) is 17.3. The van der Waals surface area contributed by atoms with E-state index in [0.29, 0.717) is 30.8 Å². The van der Waals surface area contributed by atoms with E-state index in [-0.39, 0.29) is 70.7 Å². The van der Waals surface area contributed by atoms with Gasteiger partial charge in [0.2, 0.25) is 17.7 Å². The van der Waals surface area contributed by atoms with E-state index >= 15 is 0 Å².